The van der Waals surface area contributed by atoms with Gasteiger partial charge in [0.1, 0.15) is 11.4 Å². The van der Waals surface area contributed by atoms with Gasteiger partial charge in [0.05, 0.1) is 18.1 Å². The molecule has 2 N–H and O–H groups in total. The van der Waals surface area contributed by atoms with E-state index in [1.54, 1.807) is 28.7 Å². The van der Waals surface area contributed by atoms with Gasteiger partial charge in [-0.3, -0.25) is 4.79 Å². The average Bonchev–Trinajstić information content (AvgIpc) is 3.36. The Morgan fingerprint density at radius 1 is 1.23 bits per heavy atom. The molecule has 0 bridgehead atoms. The van der Waals surface area contributed by atoms with Gasteiger partial charge in [-0.05, 0) is 18.6 Å². The molecule has 0 aliphatic rings. The summed E-state index contributed by atoms with van der Waals surface area (Å²) in [4.78, 5) is 21.9. The number of hydrogen-bond acceptors (Lipinski definition) is 7. The molecule has 3 heterocycles. The lowest BCUT2D eigenvalue weighted by Crippen LogP contribution is -2.27. The number of amides is 1. The lowest BCUT2D eigenvalue weighted by Gasteiger charge is -2.10. The molecule has 0 radical (unpaired) electrons. The maximum atomic E-state index is 12.5. The van der Waals surface area contributed by atoms with Crippen molar-refractivity contribution >= 4 is 45.5 Å². The Morgan fingerprint density at radius 2 is 2.06 bits per heavy atom. The fraction of sp³-hybridized carbons (Fsp3) is 0.364. The molecule has 9 heteroatoms. The van der Waals surface area contributed by atoms with E-state index >= 15 is 0 Å². The summed E-state index contributed by atoms with van der Waals surface area (Å²) in [6.07, 6.45) is 2.78. The molecule has 3 aromatic heterocycles. The number of aromatic nitrogens is 4. The molecule has 0 spiro atoms. The Labute approximate surface area is 184 Å². The van der Waals surface area contributed by atoms with Crippen molar-refractivity contribution in [3.63, 3.8) is 0 Å². The zero-order valence-electron chi connectivity index (χ0n) is 17.9. The van der Waals surface area contributed by atoms with Gasteiger partial charge in [-0.15, -0.1) is 0 Å². The number of rotatable bonds is 9. The van der Waals surface area contributed by atoms with Crippen LogP contribution in [0.25, 0.3) is 22.0 Å². The van der Waals surface area contributed by atoms with Gasteiger partial charge in [-0.1, -0.05) is 50.7 Å². The van der Waals surface area contributed by atoms with Crippen LogP contribution in [0, 0.1) is 0 Å². The smallest absolute Gasteiger partial charge is 0.287 e. The van der Waals surface area contributed by atoms with Gasteiger partial charge in [-0.25, -0.2) is 14.6 Å². The standard InChI is InChI=1S/C22H26N6O2S/c1-4-9-23-19-16-13-25-28(20(16)27-22(26-19)31-14(2)3)11-10-24-21(29)18-12-15-7-5-6-8-17(15)30-18/h5-8,12-14H,4,9-11H2,1-3H3,(H,24,29)(H,23,26,27). The number of nitrogens with one attached hydrogen (secondary N) is 2. The summed E-state index contributed by atoms with van der Waals surface area (Å²) in [6, 6.07) is 9.32. The first-order chi connectivity index (χ1) is 15.0. The molecule has 1 amide bonds. The van der Waals surface area contributed by atoms with E-state index in [2.05, 4.69) is 41.5 Å². The quantitative estimate of drug-likeness (QED) is 0.296. The third-order valence-corrected chi connectivity index (χ3v) is 5.48. The molecular formula is C22H26N6O2S. The van der Waals surface area contributed by atoms with E-state index < -0.39 is 0 Å². The molecule has 0 saturated heterocycles. The van der Waals surface area contributed by atoms with Crippen molar-refractivity contribution in [3.8, 4) is 0 Å². The summed E-state index contributed by atoms with van der Waals surface area (Å²) in [6.45, 7) is 8.07. The number of fused-ring (bicyclic) bond motifs is 2. The number of benzene rings is 1. The highest BCUT2D eigenvalue weighted by Crippen LogP contribution is 2.26. The maximum absolute atomic E-state index is 12.5. The predicted molar refractivity (Wildman–Crippen MR) is 124 cm³/mol. The second-order valence-electron chi connectivity index (χ2n) is 7.46. The molecule has 1 aromatic carbocycles. The third-order valence-electron chi connectivity index (χ3n) is 4.62. The molecule has 0 aliphatic heterocycles. The first-order valence-corrected chi connectivity index (χ1v) is 11.3. The van der Waals surface area contributed by atoms with Crippen molar-refractivity contribution in [1.29, 1.82) is 0 Å². The molecular weight excluding hydrogens is 412 g/mol. The van der Waals surface area contributed by atoms with E-state index in [0.717, 1.165) is 35.2 Å². The number of hydrogen-bond donors (Lipinski definition) is 2. The molecule has 0 aliphatic carbocycles. The molecule has 4 aromatic rings. The second kappa shape index (κ2) is 9.38. The lowest BCUT2D eigenvalue weighted by atomic mass is 10.2. The maximum Gasteiger partial charge on any atom is 0.287 e. The van der Waals surface area contributed by atoms with Crippen LogP contribution in [0.15, 0.2) is 46.1 Å². The van der Waals surface area contributed by atoms with Gasteiger partial charge in [0.2, 0.25) is 0 Å². The highest BCUT2D eigenvalue weighted by Gasteiger charge is 2.15. The second-order valence-corrected chi connectivity index (χ2v) is 9.00. The van der Waals surface area contributed by atoms with Crippen molar-refractivity contribution in [2.75, 3.05) is 18.4 Å². The molecule has 8 nitrogen and oxygen atoms in total. The fourth-order valence-electron chi connectivity index (χ4n) is 3.20. The number of carbonyl (C=O) groups excluding carboxylic acids is 1. The molecule has 0 fully saturated rings. The predicted octanol–water partition coefficient (Wildman–Crippen LogP) is 4.32. The Bertz CT molecular complexity index is 1170. The van der Waals surface area contributed by atoms with Crippen LogP contribution in [0.1, 0.15) is 37.7 Å². The molecule has 0 saturated carbocycles. The number of carbonyl (C=O) groups is 1. The van der Waals surface area contributed by atoms with Gasteiger partial charge in [0.25, 0.3) is 5.91 Å². The summed E-state index contributed by atoms with van der Waals surface area (Å²) in [7, 11) is 0. The first-order valence-electron chi connectivity index (χ1n) is 10.5. The van der Waals surface area contributed by atoms with Gasteiger partial charge in [0, 0.05) is 23.7 Å². The van der Waals surface area contributed by atoms with Crippen molar-refractivity contribution in [3.05, 3.63) is 42.3 Å². The fourth-order valence-corrected chi connectivity index (χ4v) is 3.90. The van der Waals surface area contributed by atoms with Crippen LogP contribution in [-0.4, -0.2) is 44.0 Å². The Morgan fingerprint density at radius 3 is 2.84 bits per heavy atom. The highest BCUT2D eigenvalue weighted by atomic mass is 32.2. The number of thioether (sulfide) groups is 1. The Balaban J connectivity index is 1.49. The van der Waals surface area contributed by atoms with Gasteiger partial charge in [-0.2, -0.15) is 5.10 Å². The average molecular weight is 439 g/mol. The van der Waals surface area contributed by atoms with Crippen molar-refractivity contribution in [1.82, 2.24) is 25.1 Å². The zero-order chi connectivity index (χ0) is 21.8. The lowest BCUT2D eigenvalue weighted by molar-refractivity contribution is 0.0926. The van der Waals surface area contributed by atoms with E-state index in [9.17, 15) is 4.79 Å². The van der Waals surface area contributed by atoms with Crippen LogP contribution < -0.4 is 10.6 Å². The molecule has 162 valence electrons. The summed E-state index contributed by atoms with van der Waals surface area (Å²) in [5.41, 5.74) is 1.46. The zero-order valence-corrected chi connectivity index (χ0v) is 18.7. The third kappa shape index (κ3) is 4.82. The Hall–Kier alpha value is -3.07. The normalized spacial score (nSPS) is 11.5. The summed E-state index contributed by atoms with van der Waals surface area (Å²) < 4.78 is 7.43. The summed E-state index contributed by atoms with van der Waals surface area (Å²) in [5.74, 6) is 0.853. The van der Waals surface area contributed by atoms with Gasteiger partial charge >= 0.3 is 0 Å². The van der Waals surface area contributed by atoms with Crippen LogP contribution in [0.2, 0.25) is 0 Å². The summed E-state index contributed by atoms with van der Waals surface area (Å²) in [5, 5.41) is 13.6. The Kier molecular flexibility index (Phi) is 6.41. The number of nitrogens with zero attached hydrogens (tertiary/aromatic N) is 4. The van der Waals surface area contributed by atoms with E-state index in [1.165, 1.54) is 0 Å². The van der Waals surface area contributed by atoms with Crippen LogP contribution in [0.3, 0.4) is 0 Å². The minimum absolute atomic E-state index is 0.247. The topological polar surface area (TPSA) is 97.9 Å². The van der Waals surface area contributed by atoms with Crippen LogP contribution in [0.5, 0.6) is 0 Å². The van der Waals surface area contributed by atoms with E-state index in [4.69, 9.17) is 9.40 Å². The van der Waals surface area contributed by atoms with E-state index in [-0.39, 0.29) is 5.91 Å². The summed E-state index contributed by atoms with van der Waals surface area (Å²) >= 11 is 1.62. The van der Waals surface area contributed by atoms with Gasteiger partial charge < -0.3 is 15.1 Å². The van der Waals surface area contributed by atoms with Crippen LogP contribution >= 0.6 is 11.8 Å². The molecule has 0 unspecified atom stereocenters. The SMILES string of the molecule is CCCNc1nc(SC(C)C)nc2c1cnn2CCNC(=O)c1cc2ccccc2o1. The van der Waals surface area contributed by atoms with Crippen molar-refractivity contribution in [2.24, 2.45) is 0 Å². The number of para-hydroxylation sites is 1. The van der Waals surface area contributed by atoms with E-state index in [1.807, 2.05) is 24.3 Å². The number of furan rings is 1. The van der Waals surface area contributed by atoms with Gasteiger partial charge in [0.15, 0.2) is 16.6 Å². The number of anilines is 1. The van der Waals surface area contributed by atoms with Crippen LogP contribution in [-0.2, 0) is 6.54 Å². The van der Waals surface area contributed by atoms with Crippen molar-refractivity contribution in [2.45, 2.75) is 44.1 Å². The minimum atomic E-state index is -0.247. The van der Waals surface area contributed by atoms with E-state index in [0.29, 0.717) is 34.8 Å². The van der Waals surface area contributed by atoms with Crippen molar-refractivity contribution < 1.29 is 9.21 Å². The molecule has 31 heavy (non-hydrogen) atoms. The highest BCUT2D eigenvalue weighted by molar-refractivity contribution is 7.99. The molecule has 4 rings (SSSR count). The largest absolute Gasteiger partial charge is 0.451 e. The van der Waals surface area contributed by atoms with Crippen LogP contribution in [0.4, 0.5) is 5.82 Å². The minimum Gasteiger partial charge on any atom is -0.451 e. The molecule has 0 atom stereocenters. The first kappa shape index (κ1) is 21.2. The monoisotopic (exact) mass is 438 g/mol.